The van der Waals surface area contributed by atoms with Gasteiger partial charge >= 0.3 is 0 Å². The lowest BCUT2D eigenvalue weighted by molar-refractivity contribution is -0.122. The van der Waals surface area contributed by atoms with Crippen LogP contribution in [0.2, 0.25) is 0 Å². The van der Waals surface area contributed by atoms with Crippen LogP contribution in [0.4, 0.5) is 8.78 Å². The van der Waals surface area contributed by atoms with Gasteiger partial charge in [-0.15, -0.1) is 0 Å². The number of hydrogen-bond donors (Lipinski definition) is 2. The topological polar surface area (TPSA) is 103 Å². The molecule has 3 N–H and O–H groups in total. The molecule has 5 aromatic rings. The van der Waals surface area contributed by atoms with Crippen LogP contribution >= 0.6 is 0 Å². The first-order valence-electron chi connectivity index (χ1n) is 12.7. The number of nitrogens with zero attached hydrogens (tertiary/aromatic N) is 3. The van der Waals surface area contributed by atoms with Gasteiger partial charge in [-0.3, -0.25) is 14.6 Å². The Morgan fingerprint density at radius 1 is 0.950 bits per heavy atom. The van der Waals surface area contributed by atoms with Gasteiger partial charge < -0.3 is 15.6 Å². The van der Waals surface area contributed by atoms with Crippen LogP contribution in [0.25, 0.3) is 22.2 Å². The lowest BCUT2D eigenvalue weighted by Gasteiger charge is -2.22. The number of pyridine rings is 1. The molecule has 1 atom stereocenters. The minimum absolute atomic E-state index is 0.0215. The molecular weight excluding hydrogens is 512 g/mol. The standard InChI is InChI=1S/C31H27F2N5O2/c1-18-9-26-28(10-19(18)2)38(17-36-26)16-29(39)37-27(13-20-11-23(32)15-24(33)12-20)30-25(7-4-8-35-30)21-5-3-6-22(14-21)31(34)40/h3-12,14-15,17,27H,13,16H2,1-2H3,(H2,34,40)(H,37,39)/t27-/m0/s1. The number of hydrogen-bond acceptors (Lipinski definition) is 4. The normalized spacial score (nSPS) is 11.9. The van der Waals surface area contributed by atoms with Crippen molar-refractivity contribution in [3.8, 4) is 11.1 Å². The Balaban J connectivity index is 1.51. The summed E-state index contributed by atoms with van der Waals surface area (Å²) < 4.78 is 29.9. The van der Waals surface area contributed by atoms with Crippen LogP contribution < -0.4 is 11.1 Å². The molecule has 9 heteroatoms. The Labute approximate surface area is 229 Å². The SMILES string of the molecule is Cc1cc2ncn(CC(=O)N[C@@H](Cc3cc(F)cc(F)c3)c3ncccc3-c3cccc(C(N)=O)c3)c2cc1C. The molecule has 0 bridgehead atoms. The zero-order chi connectivity index (χ0) is 28.4. The third-order valence-electron chi connectivity index (χ3n) is 6.87. The predicted molar refractivity (Wildman–Crippen MR) is 148 cm³/mol. The molecule has 7 nitrogen and oxygen atoms in total. The average Bonchev–Trinajstić information content (AvgIpc) is 3.28. The van der Waals surface area contributed by atoms with Gasteiger partial charge in [0, 0.05) is 23.4 Å². The molecule has 2 heterocycles. The molecule has 5 rings (SSSR count). The zero-order valence-electron chi connectivity index (χ0n) is 22.0. The Morgan fingerprint density at radius 2 is 1.70 bits per heavy atom. The van der Waals surface area contributed by atoms with Gasteiger partial charge in [0.1, 0.15) is 18.2 Å². The number of carbonyl (C=O) groups is 2. The van der Waals surface area contributed by atoms with E-state index in [0.29, 0.717) is 27.9 Å². The lowest BCUT2D eigenvalue weighted by atomic mass is 9.94. The molecular formula is C31H27F2N5O2. The number of aryl methyl sites for hydroxylation is 2. The Bertz CT molecular complexity index is 1730. The second-order valence-corrected chi connectivity index (χ2v) is 9.78. The molecule has 0 aliphatic heterocycles. The first kappa shape index (κ1) is 26.7. The molecule has 3 aromatic carbocycles. The third-order valence-corrected chi connectivity index (χ3v) is 6.87. The summed E-state index contributed by atoms with van der Waals surface area (Å²) in [6.45, 7) is 3.98. The van der Waals surface area contributed by atoms with E-state index in [-0.39, 0.29) is 18.9 Å². The van der Waals surface area contributed by atoms with Crippen molar-refractivity contribution in [2.45, 2.75) is 32.9 Å². The molecule has 2 aromatic heterocycles. The van der Waals surface area contributed by atoms with E-state index >= 15 is 0 Å². The van der Waals surface area contributed by atoms with Crippen molar-refractivity contribution < 1.29 is 18.4 Å². The molecule has 40 heavy (non-hydrogen) atoms. The largest absolute Gasteiger partial charge is 0.366 e. The van der Waals surface area contributed by atoms with Crippen LogP contribution in [-0.4, -0.2) is 26.3 Å². The average molecular weight is 540 g/mol. The van der Waals surface area contributed by atoms with E-state index in [0.717, 1.165) is 28.2 Å². The van der Waals surface area contributed by atoms with E-state index in [1.54, 1.807) is 47.4 Å². The summed E-state index contributed by atoms with van der Waals surface area (Å²) in [5, 5.41) is 3.01. The van der Waals surface area contributed by atoms with E-state index in [4.69, 9.17) is 5.73 Å². The van der Waals surface area contributed by atoms with Crippen LogP contribution in [0.5, 0.6) is 0 Å². The van der Waals surface area contributed by atoms with Gasteiger partial charge in [0.05, 0.1) is 29.1 Å². The van der Waals surface area contributed by atoms with Crippen molar-refractivity contribution in [3.63, 3.8) is 0 Å². The Kier molecular flexibility index (Phi) is 7.37. The van der Waals surface area contributed by atoms with E-state index in [2.05, 4.69) is 15.3 Å². The lowest BCUT2D eigenvalue weighted by Crippen LogP contribution is -2.33. The summed E-state index contributed by atoms with van der Waals surface area (Å²) >= 11 is 0. The molecule has 202 valence electrons. The van der Waals surface area contributed by atoms with Crippen LogP contribution in [-0.2, 0) is 17.8 Å². The van der Waals surface area contributed by atoms with E-state index in [1.807, 2.05) is 32.0 Å². The maximum absolute atomic E-state index is 14.1. The van der Waals surface area contributed by atoms with Gasteiger partial charge in [0.25, 0.3) is 0 Å². The van der Waals surface area contributed by atoms with Crippen molar-refractivity contribution in [2.75, 3.05) is 0 Å². The highest BCUT2D eigenvalue weighted by Crippen LogP contribution is 2.30. The van der Waals surface area contributed by atoms with E-state index in [9.17, 15) is 18.4 Å². The first-order valence-corrected chi connectivity index (χ1v) is 12.7. The number of nitrogens with one attached hydrogen (secondary N) is 1. The summed E-state index contributed by atoms with van der Waals surface area (Å²) in [7, 11) is 0. The summed E-state index contributed by atoms with van der Waals surface area (Å²) in [5.74, 6) is -2.34. The fourth-order valence-electron chi connectivity index (χ4n) is 4.79. The highest BCUT2D eigenvalue weighted by atomic mass is 19.1. The third kappa shape index (κ3) is 5.73. The number of nitrogens with two attached hydrogens (primary N) is 1. The second-order valence-electron chi connectivity index (χ2n) is 9.78. The molecule has 0 fully saturated rings. The second kappa shape index (κ2) is 11.1. The summed E-state index contributed by atoms with van der Waals surface area (Å²) in [6, 6.07) is 16.8. The van der Waals surface area contributed by atoms with Crippen molar-refractivity contribution in [1.82, 2.24) is 19.9 Å². The molecule has 2 amide bonds. The molecule has 0 saturated heterocycles. The summed E-state index contributed by atoms with van der Waals surface area (Å²) in [6.07, 6.45) is 3.26. The molecule has 0 spiro atoms. The quantitative estimate of drug-likeness (QED) is 0.283. The predicted octanol–water partition coefficient (Wildman–Crippen LogP) is 5.19. The number of fused-ring (bicyclic) bond motifs is 1. The number of imidazole rings is 1. The van der Waals surface area contributed by atoms with E-state index in [1.165, 1.54) is 12.1 Å². The number of carbonyl (C=O) groups excluding carboxylic acids is 2. The van der Waals surface area contributed by atoms with Crippen LogP contribution in [0.1, 0.15) is 38.8 Å². The smallest absolute Gasteiger partial charge is 0.248 e. The van der Waals surface area contributed by atoms with Crippen molar-refractivity contribution in [2.24, 2.45) is 5.73 Å². The van der Waals surface area contributed by atoms with Gasteiger partial charge in [-0.2, -0.15) is 0 Å². The number of rotatable bonds is 8. The van der Waals surface area contributed by atoms with Gasteiger partial charge in [0.2, 0.25) is 11.8 Å². The number of primary amides is 1. The number of amides is 2. The molecule has 0 unspecified atom stereocenters. The van der Waals surface area contributed by atoms with Crippen LogP contribution in [0, 0.1) is 25.5 Å². The summed E-state index contributed by atoms with van der Waals surface area (Å²) in [5.41, 5.74) is 11.7. The van der Waals surface area contributed by atoms with Gasteiger partial charge in [0.15, 0.2) is 0 Å². The molecule has 0 aliphatic carbocycles. The zero-order valence-corrected chi connectivity index (χ0v) is 22.0. The number of benzene rings is 3. The highest BCUT2D eigenvalue weighted by Gasteiger charge is 2.22. The minimum atomic E-state index is -0.749. The number of aromatic nitrogens is 3. The summed E-state index contributed by atoms with van der Waals surface area (Å²) in [4.78, 5) is 34.2. The van der Waals surface area contributed by atoms with Gasteiger partial charge in [-0.05, 0) is 85.0 Å². The Morgan fingerprint density at radius 3 is 2.45 bits per heavy atom. The first-order chi connectivity index (χ1) is 19.2. The van der Waals surface area contributed by atoms with Gasteiger partial charge in [-0.25, -0.2) is 13.8 Å². The fourth-order valence-corrected chi connectivity index (χ4v) is 4.79. The maximum Gasteiger partial charge on any atom is 0.248 e. The van der Waals surface area contributed by atoms with Crippen molar-refractivity contribution in [1.29, 1.82) is 0 Å². The molecule has 0 saturated carbocycles. The highest BCUT2D eigenvalue weighted by molar-refractivity contribution is 5.94. The molecule has 0 aliphatic rings. The maximum atomic E-state index is 14.1. The fraction of sp³-hybridized carbons (Fsp3) is 0.161. The molecule has 0 radical (unpaired) electrons. The van der Waals surface area contributed by atoms with Crippen molar-refractivity contribution >= 4 is 22.8 Å². The Hall–Kier alpha value is -4.92. The minimum Gasteiger partial charge on any atom is -0.366 e. The van der Waals surface area contributed by atoms with Crippen LogP contribution in [0.3, 0.4) is 0 Å². The van der Waals surface area contributed by atoms with Crippen LogP contribution in [0.15, 0.2) is 79.3 Å². The van der Waals surface area contributed by atoms with Gasteiger partial charge in [-0.1, -0.05) is 18.2 Å². The monoisotopic (exact) mass is 539 g/mol. The van der Waals surface area contributed by atoms with Crippen molar-refractivity contribution in [3.05, 3.63) is 119 Å². The number of halogens is 2. The van der Waals surface area contributed by atoms with E-state index < -0.39 is 23.6 Å².